The first-order valence-corrected chi connectivity index (χ1v) is 7.85. The normalized spacial score (nSPS) is 14.7. The lowest BCUT2D eigenvalue weighted by molar-refractivity contribution is -0.117. The van der Waals surface area contributed by atoms with Crippen LogP contribution in [0.25, 0.3) is 0 Å². The number of amides is 1. The van der Waals surface area contributed by atoms with E-state index >= 15 is 0 Å². The third-order valence-electron chi connectivity index (χ3n) is 3.88. The molecule has 1 aliphatic heterocycles. The molecule has 0 bridgehead atoms. The molecular formula is C17H17BrN2O. The molecule has 3 nitrogen and oxygen atoms in total. The Kier molecular flexibility index (Phi) is 3.97. The van der Waals surface area contributed by atoms with Crippen molar-refractivity contribution >= 4 is 33.2 Å². The van der Waals surface area contributed by atoms with Crippen LogP contribution in [0, 0.1) is 0 Å². The number of carbonyl (C=O) groups excluding carboxylic acids is 1. The van der Waals surface area contributed by atoms with Crippen molar-refractivity contribution in [3.63, 3.8) is 0 Å². The molecule has 1 heterocycles. The van der Waals surface area contributed by atoms with Crippen LogP contribution in [-0.4, -0.2) is 18.5 Å². The molecule has 0 saturated carbocycles. The van der Waals surface area contributed by atoms with Gasteiger partial charge in [0, 0.05) is 22.4 Å². The standard InChI is InChI=1S/C17H17BrN2O/c1-12(17(21)19-15-8-6-14(18)7-9-15)20-11-10-13-4-2-3-5-16(13)20/h2-9,12H,10-11H2,1H3,(H,19,21). The van der Waals surface area contributed by atoms with Crippen molar-refractivity contribution in [3.05, 3.63) is 58.6 Å². The average Bonchev–Trinajstić information content (AvgIpc) is 2.92. The van der Waals surface area contributed by atoms with Crippen LogP contribution in [0.15, 0.2) is 53.0 Å². The molecular weight excluding hydrogens is 328 g/mol. The average molecular weight is 345 g/mol. The number of halogens is 1. The van der Waals surface area contributed by atoms with Crippen molar-refractivity contribution in [1.82, 2.24) is 0 Å². The highest BCUT2D eigenvalue weighted by Gasteiger charge is 2.27. The summed E-state index contributed by atoms with van der Waals surface area (Å²) in [5.41, 5.74) is 3.32. The van der Waals surface area contributed by atoms with E-state index in [-0.39, 0.29) is 11.9 Å². The van der Waals surface area contributed by atoms with Gasteiger partial charge in [0.25, 0.3) is 0 Å². The first-order chi connectivity index (χ1) is 10.1. The SMILES string of the molecule is CC(C(=O)Nc1ccc(Br)cc1)N1CCc2ccccc21. The summed E-state index contributed by atoms with van der Waals surface area (Å²) in [6, 6.07) is 15.7. The minimum Gasteiger partial charge on any atom is -0.359 e. The van der Waals surface area contributed by atoms with Gasteiger partial charge in [-0.3, -0.25) is 4.79 Å². The minimum atomic E-state index is -0.183. The number of hydrogen-bond acceptors (Lipinski definition) is 2. The number of fused-ring (bicyclic) bond motifs is 1. The van der Waals surface area contributed by atoms with E-state index in [1.165, 1.54) is 11.3 Å². The third-order valence-corrected chi connectivity index (χ3v) is 4.41. The lowest BCUT2D eigenvalue weighted by Gasteiger charge is -2.26. The molecule has 0 saturated heterocycles. The molecule has 2 aromatic rings. The Labute approximate surface area is 133 Å². The van der Waals surface area contributed by atoms with Crippen LogP contribution in [-0.2, 0) is 11.2 Å². The zero-order valence-corrected chi connectivity index (χ0v) is 13.4. The van der Waals surface area contributed by atoms with Crippen LogP contribution in [0.1, 0.15) is 12.5 Å². The van der Waals surface area contributed by atoms with Gasteiger partial charge in [0.2, 0.25) is 5.91 Å². The van der Waals surface area contributed by atoms with Crippen molar-refractivity contribution in [1.29, 1.82) is 0 Å². The molecule has 0 aromatic heterocycles. The van der Waals surface area contributed by atoms with Gasteiger partial charge in [-0.05, 0) is 49.2 Å². The van der Waals surface area contributed by atoms with Gasteiger partial charge in [-0.15, -0.1) is 0 Å². The number of hydrogen-bond donors (Lipinski definition) is 1. The Morgan fingerprint density at radius 2 is 1.90 bits per heavy atom. The molecule has 1 N–H and O–H groups in total. The molecule has 1 amide bonds. The van der Waals surface area contributed by atoms with E-state index in [2.05, 4.69) is 44.3 Å². The van der Waals surface area contributed by atoms with E-state index in [0.717, 1.165) is 23.1 Å². The van der Waals surface area contributed by atoms with Crippen molar-refractivity contribution in [2.75, 3.05) is 16.8 Å². The molecule has 1 atom stereocenters. The first-order valence-electron chi connectivity index (χ1n) is 7.06. The summed E-state index contributed by atoms with van der Waals surface area (Å²) in [6.45, 7) is 2.85. The molecule has 0 aliphatic carbocycles. The van der Waals surface area contributed by atoms with Crippen LogP contribution in [0.2, 0.25) is 0 Å². The fourth-order valence-corrected chi connectivity index (χ4v) is 2.95. The zero-order chi connectivity index (χ0) is 14.8. The third kappa shape index (κ3) is 2.95. The van der Waals surface area contributed by atoms with Gasteiger partial charge in [-0.25, -0.2) is 0 Å². The summed E-state index contributed by atoms with van der Waals surface area (Å²) in [5, 5.41) is 2.98. The number of nitrogens with zero attached hydrogens (tertiary/aromatic N) is 1. The second-order valence-corrected chi connectivity index (χ2v) is 6.16. The van der Waals surface area contributed by atoms with Crippen LogP contribution < -0.4 is 10.2 Å². The summed E-state index contributed by atoms with van der Waals surface area (Å²) >= 11 is 3.39. The van der Waals surface area contributed by atoms with Crippen LogP contribution in [0.4, 0.5) is 11.4 Å². The molecule has 4 heteroatoms. The molecule has 1 aliphatic rings. The summed E-state index contributed by atoms with van der Waals surface area (Å²) < 4.78 is 1.00. The largest absolute Gasteiger partial charge is 0.359 e. The number of benzene rings is 2. The van der Waals surface area contributed by atoms with Gasteiger partial charge >= 0.3 is 0 Å². The van der Waals surface area contributed by atoms with Crippen LogP contribution in [0.5, 0.6) is 0 Å². The molecule has 3 rings (SSSR count). The lowest BCUT2D eigenvalue weighted by atomic mass is 10.1. The van der Waals surface area contributed by atoms with E-state index in [9.17, 15) is 4.79 Å². The second-order valence-electron chi connectivity index (χ2n) is 5.24. The number of rotatable bonds is 3. The molecule has 0 spiro atoms. The molecule has 2 aromatic carbocycles. The Morgan fingerprint density at radius 3 is 2.67 bits per heavy atom. The van der Waals surface area contributed by atoms with E-state index < -0.39 is 0 Å². The maximum absolute atomic E-state index is 12.4. The van der Waals surface area contributed by atoms with Crippen molar-refractivity contribution in [3.8, 4) is 0 Å². The Hall–Kier alpha value is -1.81. The van der Waals surface area contributed by atoms with Gasteiger partial charge < -0.3 is 10.2 Å². The Morgan fingerprint density at radius 1 is 1.19 bits per heavy atom. The number of carbonyl (C=O) groups is 1. The minimum absolute atomic E-state index is 0.0222. The summed E-state index contributed by atoms with van der Waals surface area (Å²) in [5.74, 6) is 0.0222. The molecule has 0 fully saturated rings. The first kappa shape index (κ1) is 14.1. The number of para-hydroxylation sites is 1. The molecule has 1 unspecified atom stereocenters. The summed E-state index contributed by atoms with van der Waals surface area (Å²) in [4.78, 5) is 14.6. The molecule has 21 heavy (non-hydrogen) atoms. The topological polar surface area (TPSA) is 32.3 Å². The second kappa shape index (κ2) is 5.90. The zero-order valence-electron chi connectivity index (χ0n) is 11.8. The number of nitrogens with one attached hydrogen (secondary N) is 1. The predicted octanol–water partition coefficient (Wildman–Crippen LogP) is 3.84. The lowest BCUT2D eigenvalue weighted by Crippen LogP contribution is -2.41. The summed E-state index contributed by atoms with van der Waals surface area (Å²) in [6.07, 6.45) is 1.01. The highest BCUT2D eigenvalue weighted by atomic mass is 79.9. The van der Waals surface area contributed by atoms with Crippen molar-refractivity contribution in [2.45, 2.75) is 19.4 Å². The Balaban J connectivity index is 1.72. The van der Waals surface area contributed by atoms with E-state index in [1.54, 1.807) is 0 Å². The molecule has 108 valence electrons. The maximum atomic E-state index is 12.4. The monoisotopic (exact) mass is 344 g/mol. The van der Waals surface area contributed by atoms with Crippen molar-refractivity contribution < 1.29 is 4.79 Å². The van der Waals surface area contributed by atoms with Gasteiger partial charge in [-0.1, -0.05) is 34.1 Å². The van der Waals surface area contributed by atoms with E-state index in [4.69, 9.17) is 0 Å². The number of anilines is 2. The van der Waals surface area contributed by atoms with Crippen LogP contribution >= 0.6 is 15.9 Å². The quantitative estimate of drug-likeness (QED) is 0.917. The highest BCUT2D eigenvalue weighted by molar-refractivity contribution is 9.10. The van der Waals surface area contributed by atoms with Gasteiger partial charge in [-0.2, -0.15) is 0 Å². The smallest absolute Gasteiger partial charge is 0.246 e. The van der Waals surface area contributed by atoms with Gasteiger partial charge in [0.1, 0.15) is 6.04 Å². The van der Waals surface area contributed by atoms with Crippen LogP contribution in [0.3, 0.4) is 0 Å². The van der Waals surface area contributed by atoms with Gasteiger partial charge in [0.15, 0.2) is 0 Å². The predicted molar refractivity (Wildman–Crippen MR) is 89.7 cm³/mol. The van der Waals surface area contributed by atoms with E-state index in [1.807, 2.05) is 37.3 Å². The van der Waals surface area contributed by atoms with Gasteiger partial charge in [0.05, 0.1) is 0 Å². The fraction of sp³-hybridized carbons (Fsp3) is 0.235. The Bertz CT molecular complexity index is 654. The maximum Gasteiger partial charge on any atom is 0.246 e. The van der Waals surface area contributed by atoms with E-state index in [0.29, 0.717) is 0 Å². The highest BCUT2D eigenvalue weighted by Crippen LogP contribution is 2.29. The van der Waals surface area contributed by atoms with Crippen molar-refractivity contribution in [2.24, 2.45) is 0 Å². The fourth-order valence-electron chi connectivity index (χ4n) is 2.69. The molecule has 0 radical (unpaired) electrons. The summed E-state index contributed by atoms with van der Waals surface area (Å²) in [7, 11) is 0.